The van der Waals surface area contributed by atoms with Gasteiger partial charge in [-0.25, -0.2) is 0 Å². The molecule has 3 heteroatoms. The van der Waals surface area contributed by atoms with Crippen molar-refractivity contribution in [1.82, 2.24) is 5.32 Å². The fourth-order valence-corrected chi connectivity index (χ4v) is 2.63. The number of benzene rings is 1. The molecule has 0 saturated heterocycles. The summed E-state index contributed by atoms with van der Waals surface area (Å²) >= 11 is 3.70. The first kappa shape index (κ1) is 17.5. The Morgan fingerprint density at radius 3 is 2.45 bits per heavy atom. The number of anilines is 1. The van der Waals surface area contributed by atoms with Crippen molar-refractivity contribution in [3.8, 4) is 0 Å². The fourth-order valence-electron chi connectivity index (χ4n) is 2.13. The first-order chi connectivity index (χ1) is 9.24. The van der Waals surface area contributed by atoms with E-state index in [-0.39, 0.29) is 5.54 Å². The lowest BCUT2D eigenvalue weighted by atomic mass is 10.1. The van der Waals surface area contributed by atoms with E-state index in [9.17, 15) is 0 Å². The van der Waals surface area contributed by atoms with Crippen molar-refractivity contribution < 1.29 is 0 Å². The van der Waals surface area contributed by atoms with Gasteiger partial charge in [-0.3, -0.25) is 0 Å². The van der Waals surface area contributed by atoms with E-state index in [0.717, 1.165) is 6.54 Å². The number of rotatable bonds is 6. The number of nitrogens with zero attached hydrogens (tertiary/aromatic N) is 1. The number of nitrogens with one attached hydrogen (secondary N) is 1. The Kier molecular flexibility index (Phi) is 6.53. The molecule has 1 N–H and O–H groups in total. The van der Waals surface area contributed by atoms with E-state index in [1.165, 1.54) is 28.6 Å². The van der Waals surface area contributed by atoms with Crippen LogP contribution >= 0.6 is 15.9 Å². The Morgan fingerprint density at radius 1 is 1.30 bits per heavy atom. The Morgan fingerprint density at radius 2 is 1.95 bits per heavy atom. The average molecular weight is 341 g/mol. The molecule has 1 aromatic rings. The molecular weight excluding hydrogens is 312 g/mol. The Bertz CT molecular complexity index is 423. The van der Waals surface area contributed by atoms with Gasteiger partial charge < -0.3 is 10.2 Å². The molecule has 0 aliphatic heterocycles. The van der Waals surface area contributed by atoms with Crippen molar-refractivity contribution in [2.24, 2.45) is 0 Å². The number of hydrogen-bond acceptors (Lipinski definition) is 2. The van der Waals surface area contributed by atoms with Crippen LogP contribution in [0.2, 0.25) is 0 Å². The summed E-state index contributed by atoms with van der Waals surface area (Å²) in [5, 5.41) is 3.53. The third-order valence-corrected chi connectivity index (χ3v) is 4.36. The smallest absolute Gasteiger partial charge is 0.0377 e. The standard InChI is InChI=1S/C17H29BrN2/c1-7-8-13(2)20(6)15-10-9-14(16(18)11-15)12-19-17(3,4)5/h9-11,13,19H,7-8,12H2,1-6H3. The van der Waals surface area contributed by atoms with Crippen molar-refractivity contribution in [2.75, 3.05) is 11.9 Å². The molecule has 0 aliphatic rings. The molecule has 0 fully saturated rings. The van der Waals surface area contributed by atoms with Gasteiger partial charge in [0.1, 0.15) is 0 Å². The zero-order chi connectivity index (χ0) is 15.3. The summed E-state index contributed by atoms with van der Waals surface area (Å²) in [5.41, 5.74) is 2.72. The molecule has 0 aliphatic carbocycles. The van der Waals surface area contributed by atoms with Gasteiger partial charge in [0.05, 0.1) is 0 Å². The van der Waals surface area contributed by atoms with Crippen LogP contribution < -0.4 is 10.2 Å². The van der Waals surface area contributed by atoms with Crippen molar-refractivity contribution in [3.05, 3.63) is 28.2 Å². The number of halogens is 1. The van der Waals surface area contributed by atoms with Crippen LogP contribution in [0.25, 0.3) is 0 Å². The van der Waals surface area contributed by atoms with Gasteiger partial charge in [0, 0.05) is 35.3 Å². The third-order valence-electron chi connectivity index (χ3n) is 3.62. The minimum absolute atomic E-state index is 0.143. The second kappa shape index (κ2) is 7.46. The van der Waals surface area contributed by atoms with Crippen molar-refractivity contribution in [2.45, 2.75) is 65.6 Å². The van der Waals surface area contributed by atoms with E-state index in [2.05, 4.69) is 86.0 Å². The molecule has 0 amide bonds. The van der Waals surface area contributed by atoms with Crippen LogP contribution in [-0.2, 0) is 6.54 Å². The van der Waals surface area contributed by atoms with Gasteiger partial charge in [-0.1, -0.05) is 35.3 Å². The Labute approximate surface area is 133 Å². The molecule has 1 atom stereocenters. The van der Waals surface area contributed by atoms with Crippen LogP contribution in [-0.4, -0.2) is 18.6 Å². The molecule has 1 unspecified atom stereocenters. The van der Waals surface area contributed by atoms with Gasteiger partial charge in [0.15, 0.2) is 0 Å². The van der Waals surface area contributed by atoms with E-state index in [4.69, 9.17) is 0 Å². The van der Waals surface area contributed by atoms with E-state index < -0.39 is 0 Å². The van der Waals surface area contributed by atoms with Crippen LogP contribution in [0.5, 0.6) is 0 Å². The molecular formula is C17H29BrN2. The van der Waals surface area contributed by atoms with E-state index in [0.29, 0.717) is 6.04 Å². The second-order valence-electron chi connectivity index (χ2n) is 6.63. The SMILES string of the molecule is CCCC(C)N(C)c1ccc(CNC(C)(C)C)c(Br)c1. The van der Waals surface area contributed by atoms with Gasteiger partial charge in [-0.2, -0.15) is 0 Å². The summed E-state index contributed by atoms with van der Waals surface area (Å²) in [6, 6.07) is 7.24. The zero-order valence-corrected chi connectivity index (χ0v) is 15.3. The zero-order valence-electron chi connectivity index (χ0n) is 13.8. The quantitative estimate of drug-likeness (QED) is 0.786. The minimum atomic E-state index is 0.143. The van der Waals surface area contributed by atoms with Crippen LogP contribution in [0.3, 0.4) is 0 Å². The predicted octanol–water partition coefficient (Wildman–Crippen LogP) is 4.96. The van der Waals surface area contributed by atoms with Crippen LogP contribution in [0, 0.1) is 0 Å². The Hall–Kier alpha value is -0.540. The van der Waals surface area contributed by atoms with E-state index in [1.807, 2.05) is 0 Å². The highest BCUT2D eigenvalue weighted by atomic mass is 79.9. The summed E-state index contributed by atoms with van der Waals surface area (Å²) in [4.78, 5) is 2.36. The fraction of sp³-hybridized carbons (Fsp3) is 0.647. The highest BCUT2D eigenvalue weighted by Gasteiger charge is 2.13. The van der Waals surface area contributed by atoms with Gasteiger partial charge in [-0.15, -0.1) is 0 Å². The van der Waals surface area contributed by atoms with Crippen molar-refractivity contribution in [1.29, 1.82) is 0 Å². The average Bonchev–Trinajstić information content (AvgIpc) is 2.35. The van der Waals surface area contributed by atoms with E-state index in [1.54, 1.807) is 0 Å². The molecule has 0 spiro atoms. The van der Waals surface area contributed by atoms with Gasteiger partial charge in [0.2, 0.25) is 0 Å². The lowest BCUT2D eigenvalue weighted by molar-refractivity contribution is 0.424. The molecule has 0 bridgehead atoms. The highest BCUT2D eigenvalue weighted by Crippen LogP contribution is 2.25. The van der Waals surface area contributed by atoms with Crippen molar-refractivity contribution in [3.63, 3.8) is 0 Å². The molecule has 0 saturated carbocycles. The minimum Gasteiger partial charge on any atom is -0.372 e. The Balaban J connectivity index is 2.77. The van der Waals surface area contributed by atoms with Gasteiger partial charge in [-0.05, 0) is 51.8 Å². The van der Waals surface area contributed by atoms with Crippen LogP contribution in [0.4, 0.5) is 5.69 Å². The van der Waals surface area contributed by atoms with Crippen LogP contribution in [0.1, 0.15) is 53.0 Å². The summed E-state index contributed by atoms with van der Waals surface area (Å²) < 4.78 is 1.18. The van der Waals surface area contributed by atoms with Crippen LogP contribution in [0.15, 0.2) is 22.7 Å². The normalized spacial score (nSPS) is 13.3. The molecule has 0 radical (unpaired) electrons. The molecule has 20 heavy (non-hydrogen) atoms. The maximum atomic E-state index is 3.70. The number of hydrogen-bond donors (Lipinski definition) is 1. The summed E-state index contributed by atoms with van der Waals surface area (Å²) in [6.45, 7) is 12.0. The maximum absolute atomic E-state index is 3.70. The summed E-state index contributed by atoms with van der Waals surface area (Å²) in [7, 11) is 2.18. The largest absolute Gasteiger partial charge is 0.372 e. The first-order valence-electron chi connectivity index (χ1n) is 7.51. The molecule has 0 heterocycles. The highest BCUT2D eigenvalue weighted by molar-refractivity contribution is 9.10. The lowest BCUT2D eigenvalue weighted by Crippen LogP contribution is -2.35. The van der Waals surface area contributed by atoms with Crippen molar-refractivity contribution >= 4 is 21.6 Å². The first-order valence-corrected chi connectivity index (χ1v) is 8.30. The second-order valence-corrected chi connectivity index (χ2v) is 7.48. The molecule has 1 aromatic carbocycles. The monoisotopic (exact) mass is 340 g/mol. The van der Waals surface area contributed by atoms with E-state index >= 15 is 0 Å². The topological polar surface area (TPSA) is 15.3 Å². The molecule has 1 rings (SSSR count). The van der Waals surface area contributed by atoms with Gasteiger partial charge in [0.25, 0.3) is 0 Å². The lowest BCUT2D eigenvalue weighted by Gasteiger charge is -2.27. The predicted molar refractivity (Wildman–Crippen MR) is 93.5 cm³/mol. The molecule has 2 nitrogen and oxygen atoms in total. The molecule has 114 valence electrons. The van der Waals surface area contributed by atoms with Gasteiger partial charge >= 0.3 is 0 Å². The molecule has 0 aromatic heterocycles. The summed E-state index contributed by atoms with van der Waals surface area (Å²) in [5.74, 6) is 0. The summed E-state index contributed by atoms with van der Waals surface area (Å²) in [6.07, 6.45) is 2.45. The third kappa shape index (κ3) is 5.45. The maximum Gasteiger partial charge on any atom is 0.0377 e.